The molecular formula is C18H20F3N9O2. The Morgan fingerprint density at radius 2 is 1.94 bits per heavy atom. The SMILES string of the molecule is CCN(CC)Cc1nnn(-c2nonc2N)c1C(=O)NN=Cc1ccc(C(F)(F)F)cc1. The van der Waals surface area contributed by atoms with Gasteiger partial charge in [0.25, 0.3) is 5.91 Å². The molecule has 2 aromatic heterocycles. The van der Waals surface area contributed by atoms with Crippen LogP contribution in [0.25, 0.3) is 5.82 Å². The van der Waals surface area contributed by atoms with E-state index in [1.165, 1.54) is 18.3 Å². The number of rotatable bonds is 8. The van der Waals surface area contributed by atoms with Gasteiger partial charge in [0.15, 0.2) is 5.69 Å². The zero-order valence-corrected chi connectivity index (χ0v) is 17.2. The van der Waals surface area contributed by atoms with Crippen LogP contribution in [0.3, 0.4) is 0 Å². The van der Waals surface area contributed by atoms with Gasteiger partial charge >= 0.3 is 6.18 Å². The summed E-state index contributed by atoms with van der Waals surface area (Å²) in [6.45, 7) is 5.67. The number of halogens is 3. The van der Waals surface area contributed by atoms with Crippen LogP contribution in [0, 0.1) is 0 Å². The summed E-state index contributed by atoms with van der Waals surface area (Å²) in [5, 5.41) is 18.9. The number of aromatic nitrogens is 5. The van der Waals surface area contributed by atoms with Crippen LogP contribution in [0.5, 0.6) is 0 Å². The standard InChI is InChI=1S/C18H20F3N9O2/c1-3-29(4-2)10-13-14(30(28-24-13)16-15(22)26-32-27-16)17(31)25-23-9-11-5-7-12(8-6-11)18(19,20)21/h5-9H,3-4,10H2,1-2H3,(H2,22,26)(H,25,31). The van der Waals surface area contributed by atoms with Crippen molar-refractivity contribution in [2.75, 3.05) is 18.8 Å². The van der Waals surface area contributed by atoms with Crippen molar-refractivity contribution in [3.8, 4) is 5.82 Å². The van der Waals surface area contributed by atoms with Crippen LogP contribution in [-0.2, 0) is 12.7 Å². The van der Waals surface area contributed by atoms with Gasteiger partial charge in [0.05, 0.1) is 11.8 Å². The Labute approximate surface area is 180 Å². The third-order valence-corrected chi connectivity index (χ3v) is 4.54. The first-order chi connectivity index (χ1) is 15.2. The fourth-order valence-corrected chi connectivity index (χ4v) is 2.77. The highest BCUT2D eigenvalue weighted by atomic mass is 19.4. The summed E-state index contributed by atoms with van der Waals surface area (Å²) < 4.78 is 43.7. The second-order valence-electron chi connectivity index (χ2n) is 6.55. The molecular weight excluding hydrogens is 431 g/mol. The second-order valence-corrected chi connectivity index (χ2v) is 6.55. The highest BCUT2D eigenvalue weighted by Gasteiger charge is 2.30. The first-order valence-corrected chi connectivity index (χ1v) is 9.50. The monoisotopic (exact) mass is 451 g/mol. The van der Waals surface area contributed by atoms with Gasteiger partial charge in [-0.3, -0.25) is 9.69 Å². The first kappa shape index (κ1) is 22.9. The summed E-state index contributed by atoms with van der Waals surface area (Å²) in [4.78, 5) is 14.9. The van der Waals surface area contributed by atoms with Crippen LogP contribution in [0.4, 0.5) is 19.0 Å². The van der Waals surface area contributed by atoms with E-state index in [-0.39, 0.29) is 17.3 Å². The third kappa shape index (κ3) is 5.08. The molecule has 0 aliphatic heterocycles. The number of benzene rings is 1. The third-order valence-electron chi connectivity index (χ3n) is 4.54. The lowest BCUT2D eigenvalue weighted by molar-refractivity contribution is -0.137. The van der Waals surface area contributed by atoms with E-state index in [1.54, 1.807) is 0 Å². The van der Waals surface area contributed by atoms with Gasteiger partial charge in [-0.05, 0) is 41.1 Å². The molecule has 0 fully saturated rings. The van der Waals surface area contributed by atoms with Crippen molar-refractivity contribution in [3.05, 3.63) is 46.8 Å². The van der Waals surface area contributed by atoms with E-state index in [0.717, 1.165) is 16.8 Å². The highest BCUT2D eigenvalue weighted by Crippen LogP contribution is 2.28. The number of anilines is 1. The number of alkyl halides is 3. The predicted molar refractivity (Wildman–Crippen MR) is 107 cm³/mol. The molecule has 0 unspecified atom stereocenters. The topological polar surface area (TPSA) is 140 Å². The van der Waals surface area contributed by atoms with Gasteiger partial charge in [0.1, 0.15) is 5.69 Å². The van der Waals surface area contributed by atoms with Crippen molar-refractivity contribution in [1.29, 1.82) is 0 Å². The van der Waals surface area contributed by atoms with E-state index in [9.17, 15) is 18.0 Å². The lowest BCUT2D eigenvalue weighted by Crippen LogP contribution is -2.27. The zero-order chi connectivity index (χ0) is 23.3. The van der Waals surface area contributed by atoms with Crippen LogP contribution < -0.4 is 11.2 Å². The molecule has 3 aromatic rings. The van der Waals surface area contributed by atoms with E-state index in [1.807, 2.05) is 18.7 Å². The molecule has 0 spiro atoms. The molecule has 170 valence electrons. The number of nitrogens with two attached hydrogens (primary N) is 1. The molecule has 1 amide bonds. The summed E-state index contributed by atoms with van der Waals surface area (Å²) >= 11 is 0. The maximum Gasteiger partial charge on any atom is 0.416 e. The van der Waals surface area contributed by atoms with Crippen molar-refractivity contribution >= 4 is 17.9 Å². The number of nitrogen functional groups attached to an aromatic ring is 1. The average molecular weight is 451 g/mol. The first-order valence-electron chi connectivity index (χ1n) is 9.50. The van der Waals surface area contributed by atoms with Gasteiger partial charge in [-0.2, -0.15) is 23.0 Å². The number of hydrogen-bond acceptors (Lipinski definition) is 9. The minimum atomic E-state index is -4.44. The maximum atomic E-state index is 12.9. The molecule has 0 aliphatic carbocycles. The van der Waals surface area contributed by atoms with Crippen LogP contribution >= 0.6 is 0 Å². The van der Waals surface area contributed by atoms with Gasteiger partial charge in [-0.1, -0.05) is 31.2 Å². The fourth-order valence-electron chi connectivity index (χ4n) is 2.77. The van der Waals surface area contributed by atoms with Crippen molar-refractivity contribution < 1.29 is 22.6 Å². The van der Waals surface area contributed by atoms with Crippen molar-refractivity contribution in [3.63, 3.8) is 0 Å². The van der Waals surface area contributed by atoms with Crippen LogP contribution in [0.15, 0.2) is 34.0 Å². The number of hydrazone groups is 1. The van der Waals surface area contributed by atoms with Crippen LogP contribution in [0.2, 0.25) is 0 Å². The van der Waals surface area contributed by atoms with Crippen LogP contribution in [-0.4, -0.2) is 55.4 Å². The quantitative estimate of drug-likeness (QED) is 0.391. The molecule has 0 saturated carbocycles. The van der Waals surface area contributed by atoms with Gasteiger partial charge in [0.2, 0.25) is 11.6 Å². The summed E-state index contributed by atoms with van der Waals surface area (Å²) in [6.07, 6.45) is -3.23. The molecule has 3 N–H and O–H groups in total. The molecule has 1 aromatic carbocycles. The molecule has 0 bridgehead atoms. The Balaban J connectivity index is 1.83. The molecule has 3 rings (SSSR count). The smallest absolute Gasteiger partial charge is 0.378 e. The number of nitrogens with one attached hydrogen (secondary N) is 1. The Morgan fingerprint density at radius 1 is 1.25 bits per heavy atom. The van der Waals surface area contributed by atoms with E-state index in [0.29, 0.717) is 30.9 Å². The Hall–Kier alpha value is -3.81. The summed E-state index contributed by atoms with van der Waals surface area (Å²) in [5.41, 5.74) is 7.97. The maximum absolute atomic E-state index is 12.9. The Kier molecular flexibility index (Phi) is 6.82. The normalized spacial score (nSPS) is 12.1. The van der Waals surface area contributed by atoms with E-state index in [2.05, 4.69) is 35.8 Å². The second kappa shape index (κ2) is 9.55. The fraction of sp³-hybridized carbons (Fsp3) is 0.333. The molecule has 0 radical (unpaired) electrons. The van der Waals surface area contributed by atoms with Gasteiger partial charge in [-0.15, -0.1) is 5.10 Å². The molecule has 11 nitrogen and oxygen atoms in total. The van der Waals surface area contributed by atoms with Crippen molar-refractivity contribution in [1.82, 2.24) is 35.6 Å². The average Bonchev–Trinajstić information content (AvgIpc) is 3.37. The van der Waals surface area contributed by atoms with Gasteiger partial charge in [-0.25, -0.2) is 10.1 Å². The Morgan fingerprint density at radius 3 is 2.50 bits per heavy atom. The van der Waals surface area contributed by atoms with Crippen LogP contribution in [0.1, 0.15) is 41.2 Å². The molecule has 0 saturated heterocycles. The minimum absolute atomic E-state index is 0.0137. The molecule has 0 atom stereocenters. The summed E-state index contributed by atoms with van der Waals surface area (Å²) in [7, 11) is 0. The highest BCUT2D eigenvalue weighted by molar-refractivity contribution is 5.95. The summed E-state index contributed by atoms with van der Waals surface area (Å²) in [6, 6.07) is 4.31. The van der Waals surface area contributed by atoms with E-state index in [4.69, 9.17) is 5.73 Å². The minimum Gasteiger partial charge on any atom is -0.378 e. The van der Waals surface area contributed by atoms with Crippen molar-refractivity contribution in [2.45, 2.75) is 26.6 Å². The van der Waals surface area contributed by atoms with E-state index < -0.39 is 17.6 Å². The number of nitrogens with zero attached hydrogens (tertiary/aromatic N) is 7. The number of amides is 1. The lowest BCUT2D eigenvalue weighted by Gasteiger charge is -2.16. The van der Waals surface area contributed by atoms with E-state index >= 15 is 0 Å². The predicted octanol–water partition coefficient (Wildman–Crippen LogP) is 1.86. The molecule has 2 heterocycles. The van der Waals surface area contributed by atoms with Gasteiger partial charge < -0.3 is 5.73 Å². The number of hydrogen-bond donors (Lipinski definition) is 2. The lowest BCUT2D eigenvalue weighted by atomic mass is 10.1. The summed E-state index contributed by atoms with van der Waals surface area (Å²) in [5.74, 6) is -0.783. The largest absolute Gasteiger partial charge is 0.416 e. The van der Waals surface area contributed by atoms with Gasteiger partial charge in [0, 0.05) is 6.54 Å². The molecule has 14 heteroatoms. The number of carbonyl (C=O) groups is 1. The molecule has 32 heavy (non-hydrogen) atoms. The van der Waals surface area contributed by atoms with Crippen molar-refractivity contribution in [2.24, 2.45) is 5.10 Å². The molecule has 0 aliphatic rings. The Bertz CT molecular complexity index is 1090. The number of carbonyl (C=O) groups excluding carboxylic acids is 1. The zero-order valence-electron chi connectivity index (χ0n) is 17.2.